The number of halogens is 1. The zero-order valence-corrected chi connectivity index (χ0v) is 13.5. The van der Waals surface area contributed by atoms with Gasteiger partial charge in [-0.15, -0.1) is 0 Å². The fourth-order valence-electron chi connectivity index (χ4n) is 2.67. The van der Waals surface area contributed by atoms with Gasteiger partial charge in [0.2, 0.25) is 5.91 Å². The van der Waals surface area contributed by atoms with Crippen molar-refractivity contribution >= 4 is 21.8 Å². The van der Waals surface area contributed by atoms with E-state index in [0.717, 1.165) is 10.9 Å². The minimum Gasteiger partial charge on any atom is -0.352 e. The molecule has 1 fully saturated rings. The van der Waals surface area contributed by atoms with E-state index in [9.17, 15) is 4.79 Å². The molecule has 0 aliphatic heterocycles. The van der Waals surface area contributed by atoms with Crippen LogP contribution in [0.2, 0.25) is 0 Å². The molecule has 1 N–H and O–H groups in total. The lowest BCUT2D eigenvalue weighted by atomic mass is 10.1. The molecule has 1 aromatic carbocycles. The molecule has 0 spiro atoms. The summed E-state index contributed by atoms with van der Waals surface area (Å²) in [5.74, 6) is 0.624. The molecule has 1 amide bonds. The largest absolute Gasteiger partial charge is 0.352 e. The van der Waals surface area contributed by atoms with E-state index in [1.165, 1.54) is 5.56 Å². The summed E-state index contributed by atoms with van der Waals surface area (Å²) in [6.07, 6.45) is 4.60. The van der Waals surface area contributed by atoms with Crippen LogP contribution in [0, 0.1) is 5.92 Å². The first-order valence-electron chi connectivity index (χ1n) is 7.17. The Kier molecular flexibility index (Phi) is 4.10. The van der Waals surface area contributed by atoms with Gasteiger partial charge in [0.05, 0.1) is 6.54 Å². The maximum absolute atomic E-state index is 12.3. The second-order valence-corrected chi connectivity index (χ2v) is 6.56. The second-order valence-electron chi connectivity index (χ2n) is 5.64. The van der Waals surface area contributed by atoms with E-state index in [1.54, 1.807) is 6.20 Å². The predicted molar refractivity (Wildman–Crippen MR) is 84.8 cm³/mol. The van der Waals surface area contributed by atoms with E-state index >= 15 is 0 Å². The summed E-state index contributed by atoms with van der Waals surface area (Å²) in [5.41, 5.74) is 1.24. The normalized spacial score (nSPS) is 21.8. The molecule has 1 aliphatic carbocycles. The van der Waals surface area contributed by atoms with Crippen molar-refractivity contribution in [1.29, 1.82) is 0 Å². The maximum Gasteiger partial charge on any atom is 0.224 e. The number of aromatic nitrogens is 2. The predicted octanol–water partition coefficient (Wildman–Crippen LogP) is 2.95. The molecule has 4 nitrogen and oxygen atoms in total. The number of amides is 1. The molecule has 1 aromatic heterocycles. The number of benzene rings is 1. The molecule has 0 bridgehead atoms. The van der Waals surface area contributed by atoms with Crippen molar-refractivity contribution in [3.8, 4) is 0 Å². The van der Waals surface area contributed by atoms with Crippen LogP contribution in [0.15, 0.2) is 47.2 Å². The third-order valence-corrected chi connectivity index (χ3v) is 4.31. The van der Waals surface area contributed by atoms with Crippen molar-refractivity contribution in [2.75, 3.05) is 0 Å². The van der Waals surface area contributed by atoms with Crippen LogP contribution in [0.4, 0.5) is 0 Å². The Morgan fingerprint density at radius 3 is 3.10 bits per heavy atom. The summed E-state index contributed by atoms with van der Waals surface area (Å²) in [7, 11) is 0. The first kappa shape index (κ1) is 14.3. The van der Waals surface area contributed by atoms with Gasteiger partial charge in [-0.05, 0) is 43.0 Å². The van der Waals surface area contributed by atoms with Gasteiger partial charge < -0.3 is 5.32 Å². The Morgan fingerprint density at radius 2 is 2.38 bits per heavy atom. The van der Waals surface area contributed by atoms with Gasteiger partial charge in [-0.3, -0.25) is 9.48 Å². The van der Waals surface area contributed by atoms with E-state index < -0.39 is 0 Å². The fourth-order valence-corrected chi connectivity index (χ4v) is 3.09. The number of carbonyl (C=O) groups is 1. The van der Waals surface area contributed by atoms with Crippen molar-refractivity contribution in [3.05, 3.63) is 52.8 Å². The van der Waals surface area contributed by atoms with Crippen molar-refractivity contribution in [3.63, 3.8) is 0 Å². The van der Waals surface area contributed by atoms with Crippen LogP contribution in [0.3, 0.4) is 0 Å². The van der Waals surface area contributed by atoms with Crippen LogP contribution in [0.25, 0.3) is 0 Å². The van der Waals surface area contributed by atoms with Crippen LogP contribution < -0.4 is 5.32 Å². The Labute approximate surface area is 132 Å². The first-order chi connectivity index (χ1) is 10.1. The molecule has 1 aliphatic rings. The van der Waals surface area contributed by atoms with Crippen LogP contribution in [-0.2, 0) is 11.3 Å². The highest BCUT2D eigenvalue weighted by Gasteiger charge is 2.44. The Bertz CT molecular complexity index is 626. The van der Waals surface area contributed by atoms with E-state index in [-0.39, 0.29) is 17.9 Å². The van der Waals surface area contributed by atoms with E-state index in [4.69, 9.17) is 0 Å². The van der Waals surface area contributed by atoms with E-state index in [0.29, 0.717) is 12.5 Å². The van der Waals surface area contributed by atoms with Gasteiger partial charge >= 0.3 is 0 Å². The fraction of sp³-hybridized carbons (Fsp3) is 0.375. The smallest absolute Gasteiger partial charge is 0.224 e. The average molecular weight is 348 g/mol. The number of nitrogens with one attached hydrogen (secondary N) is 1. The van der Waals surface area contributed by atoms with Gasteiger partial charge in [0.25, 0.3) is 0 Å². The highest BCUT2D eigenvalue weighted by Crippen LogP contribution is 2.47. The monoisotopic (exact) mass is 347 g/mol. The quantitative estimate of drug-likeness (QED) is 0.903. The summed E-state index contributed by atoms with van der Waals surface area (Å²) in [5, 5.41) is 7.24. The third kappa shape index (κ3) is 3.53. The van der Waals surface area contributed by atoms with E-state index in [1.807, 2.05) is 36.0 Å². The van der Waals surface area contributed by atoms with Crippen LogP contribution in [-0.4, -0.2) is 21.7 Å². The lowest BCUT2D eigenvalue weighted by Crippen LogP contribution is -2.37. The lowest BCUT2D eigenvalue weighted by Gasteiger charge is -2.14. The molecular formula is C16H18BrN3O. The van der Waals surface area contributed by atoms with Crippen LogP contribution >= 0.6 is 15.9 Å². The number of rotatable bonds is 5. The Morgan fingerprint density at radius 1 is 1.52 bits per heavy atom. The van der Waals surface area contributed by atoms with Crippen molar-refractivity contribution in [1.82, 2.24) is 15.1 Å². The molecule has 5 heteroatoms. The standard InChI is InChI=1S/C16H18BrN3O/c1-11(10-20-7-3-6-18-20)19-16(21)15-9-14(15)12-4-2-5-13(17)8-12/h2-8,11,14-15H,9-10H2,1H3,(H,19,21)/t11-,14-,15-/m1/s1. The van der Waals surface area contributed by atoms with Crippen molar-refractivity contribution in [2.45, 2.75) is 31.8 Å². The highest BCUT2D eigenvalue weighted by molar-refractivity contribution is 9.10. The zero-order valence-electron chi connectivity index (χ0n) is 11.9. The summed E-state index contributed by atoms with van der Waals surface area (Å²) in [6.45, 7) is 2.71. The number of hydrogen-bond acceptors (Lipinski definition) is 2. The molecule has 21 heavy (non-hydrogen) atoms. The van der Waals surface area contributed by atoms with Gasteiger partial charge in [-0.1, -0.05) is 28.1 Å². The molecule has 3 atom stereocenters. The highest BCUT2D eigenvalue weighted by atomic mass is 79.9. The van der Waals surface area contributed by atoms with Gasteiger partial charge in [0, 0.05) is 28.8 Å². The molecule has 110 valence electrons. The third-order valence-electron chi connectivity index (χ3n) is 3.81. The SMILES string of the molecule is C[C@H](Cn1cccn1)NC(=O)[C@@H]1C[C@@H]1c1cccc(Br)c1. The molecule has 0 unspecified atom stereocenters. The maximum atomic E-state index is 12.3. The summed E-state index contributed by atoms with van der Waals surface area (Å²) < 4.78 is 2.90. The molecule has 2 aromatic rings. The van der Waals surface area contributed by atoms with Gasteiger partial charge in [-0.2, -0.15) is 5.10 Å². The van der Waals surface area contributed by atoms with E-state index in [2.05, 4.69) is 38.5 Å². The van der Waals surface area contributed by atoms with Crippen LogP contribution in [0.1, 0.15) is 24.8 Å². The molecule has 0 saturated heterocycles. The number of nitrogens with zero attached hydrogens (tertiary/aromatic N) is 2. The molecule has 0 radical (unpaired) electrons. The topological polar surface area (TPSA) is 46.9 Å². The van der Waals surface area contributed by atoms with Gasteiger partial charge in [-0.25, -0.2) is 0 Å². The van der Waals surface area contributed by atoms with Gasteiger partial charge in [0.1, 0.15) is 0 Å². The Hall–Kier alpha value is -1.62. The average Bonchev–Trinajstić information content (AvgIpc) is 3.10. The van der Waals surface area contributed by atoms with Crippen LogP contribution in [0.5, 0.6) is 0 Å². The summed E-state index contributed by atoms with van der Waals surface area (Å²) >= 11 is 3.48. The number of carbonyl (C=O) groups excluding carboxylic acids is 1. The molecule has 1 heterocycles. The summed E-state index contributed by atoms with van der Waals surface area (Å²) in [4.78, 5) is 12.3. The van der Waals surface area contributed by atoms with Crippen molar-refractivity contribution in [2.24, 2.45) is 5.92 Å². The molecular weight excluding hydrogens is 330 g/mol. The van der Waals surface area contributed by atoms with Gasteiger partial charge in [0.15, 0.2) is 0 Å². The second kappa shape index (κ2) is 6.02. The number of hydrogen-bond donors (Lipinski definition) is 1. The summed E-state index contributed by atoms with van der Waals surface area (Å²) in [6, 6.07) is 10.2. The lowest BCUT2D eigenvalue weighted by molar-refractivity contribution is -0.123. The minimum absolute atomic E-state index is 0.0844. The zero-order chi connectivity index (χ0) is 14.8. The van der Waals surface area contributed by atoms with Crippen molar-refractivity contribution < 1.29 is 4.79 Å². The first-order valence-corrected chi connectivity index (χ1v) is 7.96. The Balaban J connectivity index is 1.53. The minimum atomic E-state index is 0.0844. The molecule has 3 rings (SSSR count). The molecule has 1 saturated carbocycles.